The zero-order valence-electron chi connectivity index (χ0n) is 11.4. The Balaban J connectivity index is 1.77. The van der Waals surface area contributed by atoms with Crippen molar-refractivity contribution in [2.24, 2.45) is 5.92 Å². The van der Waals surface area contributed by atoms with Crippen LogP contribution in [0.1, 0.15) is 12.8 Å². The highest BCUT2D eigenvalue weighted by Gasteiger charge is 2.23. The fourth-order valence-electron chi connectivity index (χ4n) is 2.62. The third-order valence-electron chi connectivity index (χ3n) is 3.77. The molecule has 6 nitrogen and oxygen atoms in total. The summed E-state index contributed by atoms with van der Waals surface area (Å²) in [6.07, 6.45) is 3.69. The lowest BCUT2D eigenvalue weighted by molar-refractivity contribution is -0.122. The van der Waals surface area contributed by atoms with E-state index in [2.05, 4.69) is 10.4 Å². The van der Waals surface area contributed by atoms with Crippen LogP contribution in [0.15, 0.2) is 18.3 Å². The van der Waals surface area contributed by atoms with E-state index in [1.807, 2.05) is 23.0 Å². The first-order valence-corrected chi connectivity index (χ1v) is 6.76. The Kier molecular flexibility index (Phi) is 3.22. The Morgan fingerprint density at radius 1 is 1.55 bits per heavy atom. The molecule has 20 heavy (non-hydrogen) atoms. The molecule has 3 N–H and O–H groups in total. The number of hydrogen-bond acceptors (Lipinski definition) is 4. The van der Waals surface area contributed by atoms with Crippen molar-refractivity contribution in [3.8, 4) is 5.75 Å². The van der Waals surface area contributed by atoms with Crippen LogP contribution in [-0.4, -0.2) is 29.3 Å². The zero-order valence-corrected chi connectivity index (χ0v) is 11.4. The molecule has 1 unspecified atom stereocenters. The maximum Gasteiger partial charge on any atom is 0.223 e. The lowest BCUT2D eigenvalue weighted by atomic mass is 10.0. The van der Waals surface area contributed by atoms with Crippen molar-refractivity contribution in [1.82, 2.24) is 15.1 Å². The molecule has 1 saturated heterocycles. The predicted octanol–water partition coefficient (Wildman–Crippen LogP) is 1.15. The largest absolute Gasteiger partial charge is 0.495 e. The van der Waals surface area contributed by atoms with Crippen LogP contribution in [0.3, 0.4) is 0 Å². The van der Waals surface area contributed by atoms with E-state index in [0.717, 1.165) is 36.8 Å². The molecule has 0 aliphatic carbocycles. The first-order chi connectivity index (χ1) is 9.67. The lowest BCUT2D eigenvalue weighted by Gasteiger charge is -2.05. The van der Waals surface area contributed by atoms with Crippen LogP contribution in [0.5, 0.6) is 5.75 Å². The highest BCUT2D eigenvalue weighted by Crippen LogP contribution is 2.27. The number of nitrogens with zero attached hydrogens (tertiary/aromatic N) is 2. The van der Waals surface area contributed by atoms with Gasteiger partial charge in [0.15, 0.2) is 0 Å². The van der Waals surface area contributed by atoms with Crippen LogP contribution >= 0.6 is 0 Å². The van der Waals surface area contributed by atoms with Crippen LogP contribution in [0.25, 0.3) is 10.9 Å². The number of aromatic nitrogens is 2. The number of ether oxygens (including phenoxy) is 1. The first kappa shape index (κ1) is 12.8. The van der Waals surface area contributed by atoms with Crippen LogP contribution < -0.4 is 15.8 Å². The first-order valence-electron chi connectivity index (χ1n) is 6.76. The number of methoxy groups -OCH3 is 1. The summed E-state index contributed by atoms with van der Waals surface area (Å²) < 4.78 is 7.06. The highest BCUT2D eigenvalue weighted by atomic mass is 16.5. The number of carbonyl (C=O) groups excluding carboxylic acids is 1. The molecule has 2 heterocycles. The smallest absolute Gasteiger partial charge is 0.223 e. The molecule has 1 fully saturated rings. The second kappa shape index (κ2) is 5.03. The molecule has 1 amide bonds. The van der Waals surface area contributed by atoms with E-state index in [0.29, 0.717) is 11.4 Å². The van der Waals surface area contributed by atoms with Gasteiger partial charge in [-0.15, -0.1) is 0 Å². The van der Waals surface area contributed by atoms with Crippen LogP contribution in [-0.2, 0) is 11.3 Å². The zero-order chi connectivity index (χ0) is 14.1. The molecule has 0 radical (unpaired) electrons. The summed E-state index contributed by atoms with van der Waals surface area (Å²) in [5.74, 6) is 0.910. The van der Waals surface area contributed by atoms with Gasteiger partial charge in [0, 0.05) is 36.7 Å². The van der Waals surface area contributed by atoms with Crippen molar-refractivity contribution >= 4 is 22.5 Å². The van der Waals surface area contributed by atoms with Crippen molar-refractivity contribution in [2.45, 2.75) is 19.4 Å². The molecule has 0 bridgehead atoms. The van der Waals surface area contributed by atoms with Gasteiger partial charge in [0.05, 0.1) is 18.3 Å². The predicted molar refractivity (Wildman–Crippen MR) is 76.4 cm³/mol. The number of anilines is 1. The molecule has 6 heteroatoms. The highest BCUT2D eigenvalue weighted by molar-refractivity contribution is 5.84. The van der Waals surface area contributed by atoms with E-state index in [4.69, 9.17) is 10.5 Å². The Labute approximate surface area is 116 Å². The van der Waals surface area contributed by atoms with Gasteiger partial charge >= 0.3 is 0 Å². The minimum atomic E-state index is 0.113. The number of benzene rings is 1. The fourth-order valence-corrected chi connectivity index (χ4v) is 2.62. The third kappa shape index (κ3) is 2.29. The molecule has 106 valence electrons. The number of nitrogens with one attached hydrogen (secondary N) is 1. The summed E-state index contributed by atoms with van der Waals surface area (Å²) in [4.78, 5) is 11.5. The van der Waals surface area contributed by atoms with Crippen molar-refractivity contribution in [3.63, 3.8) is 0 Å². The molecule has 0 spiro atoms. The van der Waals surface area contributed by atoms with E-state index >= 15 is 0 Å². The molecule has 1 aliphatic rings. The van der Waals surface area contributed by atoms with Gasteiger partial charge < -0.3 is 15.8 Å². The number of amides is 1. The Morgan fingerprint density at radius 3 is 3.10 bits per heavy atom. The second-order valence-corrected chi connectivity index (χ2v) is 5.11. The van der Waals surface area contributed by atoms with E-state index in [1.165, 1.54) is 0 Å². The number of nitrogen functional groups attached to an aromatic ring is 1. The monoisotopic (exact) mass is 274 g/mol. The van der Waals surface area contributed by atoms with Gasteiger partial charge in [-0.1, -0.05) is 0 Å². The van der Waals surface area contributed by atoms with Gasteiger partial charge in [-0.2, -0.15) is 5.10 Å². The molecule has 1 aliphatic heterocycles. The summed E-state index contributed by atoms with van der Waals surface area (Å²) in [5, 5.41) is 8.34. The minimum absolute atomic E-state index is 0.113. The van der Waals surface area contributed by atoms with Crippen LogP contribution in [0, 0.1) is 5.92 Å². The van der Waals surface area contributed by atoms with Gasteiger partial charge in [0.25, 0.3) is 0 Å². The van der Waals surface area contributed by atoms with E-state index in [1.54, 1.807) is 7.11 Å². The van der Waals surface area contributed by atoms with Gasteiger partial charge in [-0.3, -0.25) is 9.48 Å². The quantitative estimate of drug-likeness (QED) is 0.819. The van der Waals surface area contributed by atoms with Gasteiger partial charge in [-0.05, 0) is 18.9 Å². The number of nitrogens with two attached hydrogens (primary N) is 1. The topological polar surface area (TPSA) is 82.2 Å². The molecule has 0 saturated carbocycles. The standard InChI is InChI=1S/C14H18N4O2/c1-20-13-7-12-10(6-11(13)15)8-18(17-12)5-3-9-2-4-16-14(9)19/h6-9H,2-5,15H2,1H3,(H,16,19). The number of aryl methyl sites for hydroxylation is 1. The molecule has 3 rings (SSSR count). The SMILES string of the molecule is COc1cc2nn(CCC3CCNC3=O)cc2cc1N. The number of hydrogen-bond donors (Lipinski definition) is 2. The van der Waals surface area contributed by atoms with Crippen molar-refractivity contribution in [3.05, 3.63) is 18.3 Å². The van der Waals surface area contributed by atoms with Crippen LogP contribution in [0.2, 0.25) is 0 Å². The summed E-state index contributed by atoms with van der Waals surface area (Å²) >= 11 is 0. The van der Waals surface area contributed by atoms with Gasteiger partial charge in [0.1, 0.15) is 5.75 Å². The van der Waals surface area contributed by atoms with E-state index < -0.39 is 0 Å². The lowest BCUT2D eigenvalue weighted by Crippen LogP contribution is -2.20. The normalized spacial score (nSPS) is 18.4. The van der Waals surface area contributed by atoms with Crippen molar-refractivity contribution < 1.29 is 9.53 Å². The van der Waals surface area contributed by atoms with Crippen molar-refractivity contribution in [1.29, 1.82) is 0 Å². The van der Waals surface area contributed by atoms with Gasteiger partial charge in [0.2, 0.25) is 5.91 Å². The summed E-state index contributed by atoms with van der Waals surface area (Å²) in [7, 11) is 1.59. The number of rotatable bonds is 4. The summed E-state index contributed by atoms with van der Waals surface area (Å²) in [5.41, 5.74) is 7.34. The Morgan fingerprint density at radius 2 is 2.40 bits per heavy atom. The average Bonchev–Trinajstić information content (AvgIpc) is 3.01. The fraction of sp³-hybridized carbons (Fsp3) is 0.429. The minimum Gasteiger partial charge on any atom is -0.495 e. The maximum absolute atomic E-state index is 11.5. The maximum atomic E-state index is 11.5. The number of fused-ring (bicyclic) bond motifs is 1. The third-order valence-corrected chi connectivity index (χ3v) is 3.77. The summed E-state index contributed by atoms with van der Waals surface area (Å²) in [6, 6.07) is 3.70. The van der Waals surface area contributed by atoms with Gasteiger partial charge in [-0.25, -0.2) is 0 Å². The van der Waals surface area contributed by atoms with Crippen molar-refractivity contribution in [2.75, 3.05) is 19.4 Å². The second-order valence-electron chi connectivity index (χ2n) is 5.11. The van der Waals surface area contributed by atoms with Crippen LogP contribution in [0.4, 0.5) is 5.69 Å². The molecule has 2 aromatic rings. The molecule has 1 aromatic carbocycles. The molecular weight excluding hydrogens is 256 g/mol. The molecule has 1 atom stereocenters. The Hall–Kier alpha value is -2.24. The average molecular weight is 274 g/mol. The number of carbonyl (C=O) groups is 1. The Bertz CT molecular complexity index is 650. The van der Waals surface area contributed by atoms with E-state index in [-0.39, 0.29) is 11.8 Å². The summed E-state index contributed by atoms with van der Waals surface area (Å²) in [6.45, 7) is 1.52. The molecular formula is C14H18N4O2. The molecule has 1 aromatic heterocycles. The van der Waals surface area contributed by atoms with E-state index in [9.17, 15) is 4.79 Å².